The number of nitrogens with one attached hydrogen (secondary N) is 1. The maximum absolute atomic E-state index is 13.3. The van der Waals surface area contributed by atoms with E-state index in [2.05, 4.69) is 32.3 Å². The fourth-order valence-corrected chi connectivity index (χ4v) is 2.71. The molecule has 2 heteroatoms. The van der Waals surface area contributed by atoms with E-state index in [1.165, 1.54) is 0 Å². The Labute approximate surface area is 154 Å². The molecule has 0 saturated carbocycles. The Balaban J connectivity index is 5.97. The van der Waals surface area contributed by atoms with Crippen molar-refractivity contribution in [3.05, 3.63) is 72.9 Å². The minimum Gasteiger partial charge on any atom is -0.346 e. The zero-order valence-corrected chi connectivity index (χ0v) is 16.9. The number of carbonyl (C=O) groups excluding carboxylic acids is 1. The van der Waals surface area contributed by atoms with E-state index in [1.54, 1.807) is 12.2 Å². The Morgan fingerprint density at radius 3 is 1.80 bits per heavy atom. The van der Waals surface area contributed by atoms with Crippen LogP contribution in [0.4, 0.5) is 0 Å². The van der Waals surface area contributed by atoms with E-state index in [1.807, 2.05) is 64.2 Å². The van der Waals surface area contributed by atoms with Gasteiger partial charge in [-0.05, 0) is 51.7 Å². The van der Waals surface area contributed by atoms with Crippen LogP contribution >= 0.6 is 0 Å². The Kier molecular flexibility index (Phi) is 9.81. The first-order valence-corrected chi connectivity index (χ1v) is 9.03. The van der Waals surface area contributed by atoms with Crippen molar-refractivity contribution in [2.75, 3.05) is 0 Å². The Morgan fingerprint density at radius 1 is 0.920 bits per heavy atom. The van der Waals surface area contributed by atoms with E-state index in [4.69, 9.17) is 0 Å². The second kappa shape index (κ2) is 10.7. The summed E-state index contributed by atoms with van der Waals surface area (Å²) in [5, 5.41) is 3.29. The third-order valence-electron chi connectivity index (χ3n) is 4.87. The highest BCUT2D eigenvalue weighted by Gasteiger charge is 2.38. The number of hydrogen-bond acceptors (Lipinski definition) is 1. The van der Waals surface area contributed by atoms with Gasteiger partial charge >= 0.3 is 0 Å². The third-order valence-corrected chi connectivity index (χ3v) is 4.87. The average Bonchev–Trinajstić information content (AvgIpc) is 2.60. The Morgan fingerprint density at radius 2 is 1.40 bits per heavy atom. The summed E-state index contributed by atoms with van der Waals surface area (Å²) in [6, 6.07) is 0. The average molecular weight is 342 g/mol. The van der Waals surface area contributed by atoms with Gasteiger partial charge in [0.1, 0.15) is 0 Å². The first-order chi connectivity index (χ1) is 11.8. The summed E-state index contributed by atoms with van der Waals surface area (Å²) in [5.41, 5.74) is 0.929. The second-order valence-corrected chi connectivity index (χ2v) is 6.54. The molecule has 0 aromatic rings. The number of hydrogen-bond donors (Lipinski definition) is 1. The highest BCUT2D eigenvalue weighted by atomic mass is 16.2. The maximum atomic E-state index is 13.3. The van der Waals surface area contributed by atoms with Crippen molar-refractivity contribution in [2.24, 2.45) is 5.41 Å². The monoisotopic (exact) mass is 341 g/mol. The summed E-state index contributed by atoms with van der Waals surface area (Å²) < 4.78 is 0. The topological polar surface area (TPSA) is 29.1 Å². The van der Waals surface area contributed by atoms with Gasteiger partial charge < -0.3 is 5.32 Å². The molecule has 0 heterocycles. The summed E-state index contributed by atoms with van der Waals surface area (Å²) in [7, 11) is 0. The molecule has 25 heavy (non-hydrogen) atoms. The first kappa shape index (κ1) is 22.9. The fraction of sp³-hybridized carbons (Fsp3) is 0.435. The van der Waals surface area contributed by atoms with Gasteiger partial charge in [-0.15, -0.1) is 0 Å². The zero-order valence-electron chi connectivity index (χ0n) is 16.9. The molecule has 0 spiro atoms. The van der Waals surface area contributed by atoms with Gasteiger partial charge in [-0.25, -0.2) is 0 Å². The second-order valence-electron chi connectivity index (χ2n) is 6.54. The molecule has 2 nitrogen and oxygen atoms in total. The Hall–Kier alpha value is -2.09. The van der Waals surface area contributed by atoms with Crippen molar-refractivity contribution in [3.8, 4) is 0 Å². The van der Waals surface area contributed by atoms with Gasteiger partial charge in [-0.2, -0.15) is 0 Å². The molecule has 0 aromatic carbocycles. The molecule has 2 atom stereocenters. The van der Waals surface area contributed by atoms with Gasteiger partial charge in [0.2, 0.25) is 5.91 Å². The largest absolute Gasteiger partial charge is 0.346 e. The lowest BCUT2D eigenvalue weighted by Crippen LogP contribution is -2.52. The summed E-state index contributed by atoms with van der Waals surface area (Å²) in [6.07, 6.45) is 16.8. The summed E-state index contributed by atoms with van der Waals surface area (Å²) >= 11 is 0. The van der Waals surface area contributed by atoms with Crippen LogP contribution in [0, 0.1) is 5.41 Å². The zero-order chi connectivity index (χ0) is 19.5. The molecule has 0 rings (SSSR count). The minimum atomic E-state index is -0.619. The predicted octanol–water partition coefficient (Wildman–Crippen LogP) is 6.06. The smallest absolute Gasteiger partial charge is 0.231 e. The lowest BCUT2D eigenvalue weighted by molar-refractivity contribution is -0.129. The lowest BCUT2D eigenvalue weighted by Gasteiger charge is -2.37. The van der Waals surface area contributed by atoms with Crippen molar-refractivity contribution < 1.29 is 4.79 Å². The van der Waals surface area contributed by atoms with Gasteiger partial charge in [0.15, 0.2) is 0 Å². The number of rotatable bonds is 10. The van der Waals surface area contributed by atoms with Crippen LogP contribution in [0.25, 0.3) is 0 Å². The molecule has 0 bridgehead atoms. The molecule has 2 unspecified atom stereocenters. The van der Waals surface area contributed by atoms with Crippen LogP contribution in [0.1, 0.15) is 54.4 Å². The Bertz CT molecular complexity index is 591. The van der Waals surface area contributed by atoms with E-state index in [0.717, 1.165) is 17.6 Å². The minimum absolute atomic E-state index is 0.0185. The molecular weight excluding hydrogens is 306 g/mol. The number of amides is 1. The van der Waals surface area contributed by atoms with Crippen LogP contribution in [0.15, 0.2) is 72.9 Å². The first-order valence-electron chi connectivity index (χ1n) is 9.03. The molecule has 1 N–H and O–H groups in total. The van der Waals surface area contributed by atoms with E-state index >= 15 is 0 Å². The van der Waals surface area contributed by atoms with Gasteiger partial charge in [0.25, 0.3) is 0 Å². The van der Waals surface area contributed by atoms with Gasteiger partial charge in [-0.1, -0.05) is 75.6 Å². The molecule has 0 fully saturated rings. The lowest BCUT2D eigenvalue weighted by atomic mass is 9.76. The summed E-state index contributed by atoms with van der Waals surface area (Å²) in [5.74, 6) is 0.0185. The van der Waals surface area contributed by atoms with Crippen molar-refractivity contribution in [1.29, 1.82) is 0 Å². The molecule has 0 aliphatic heterocycles. The molecule has 0 saturated heterocycles. The highest BCUT2D eigenvalue weighted by Crippen LogP contribution is 2.34. The van der Waals surface area contributed by atoms with Crippen molar-refractivity contribution in [2.45, 2.75) is 59.9 Å². The molecule has 0 aliphatic carbocycles. The van der Waals surface area contributed by atoms with E-state index in [-0.39, 0.29) is 5.91 Å². The SMILES string of the molecule is C=C/C=C(\C=C/C)C(C)(CC)NC(=O)C(C)(CC)C(/C=C\C)=C/C=C. The maximum Gasteiger partial charge on any atom is 0.231 e. The van der Waals surface area contributed by atoms with Crippen LogP contribution in [-0.2, 0) is 4.79 Å². The molecular formula is C23H35NO. The van der Waals surface area contributed by atoms with Crippen molar-refractivity contribution in [1.82, 2.24) is 5.32 Å². The fourth-order valence-electron chi connectivity index (χ4n) is 2.71. The van der Waals surface area contributed by atoms with Gasteiger partial charge in [0, 0.05) is 0 Å². The van der Waals surface area contributed by atoms with E-state index in [9.17, 15) is 4.79 Å². The van der Waals surface area contributed by atoms with Gasteiger partial charge in [-0.3, -0.25) is 4.79 Å². The van der Waals surface area contributed by atoms with Gasteiger partial charge in [0.05, 0.1) is 11.0 Å². The quantitative estimate of drug-likeness (QED) is 0.480. The molecule has 1 amide bonds. The normalized spacial score (nSPS) is 18.0. The molecule has 0 aliphatic rings. The van der Waals surface area contributed by atoms with Crippen molar-refractivity contribution >= 4 is 5.91 Å². The molecule has 0 aromatic heterocycles. The third kappa shape index (κ3) is 5.74. The predicted molar refractivity (Wildman–Crippen MR) is 111 cm³/mol. The van der Waals surface area contributed by atoms with Crippen LogP contribution in [0.2, 0.25) is 0 Å². The summed E-state index contributed by atoms with van der Waals surface area (Å²) in [6.45, 7) is 19.7. The molecule has 138 valence electrons. The summed E-state index contributed by atoms with van der Waals surface area (Å²) in [4.78, 5) is 13.3. The standard InChI is InChI=1S/C23H35NO/c1-9-15-19(16-10-2)22(7,13-5)21(25)24-23(8,14-6)20(17-11-3)18-12-4/h9-12,15-18H,1,3,13-14H2,2,4-8H3,(H,24,25)/b16-10-,18-12-,19-15+,20-17+. The van der Waals surface area contributed by atoms with E-state index < -0.39 is 11.0 Å². The van der Waals surface area contributed by atoms with Crippen LogP contribution in [-0.4, -0.2) is 11.4 Å². The van der Waals surface area contributed by atoms with Crippen molar-refractivity contribution in [3.63, 3.8) is 0 Å². The highest BCUT2D eigenvalue weighted by molar-refractivity contribution is 5.87. The molecule has 0 radical (unpaired) electrons. The van der Waals surface area contributed by atoms with E-state index in [0.29, 0.717) is 6.42 Å². The van der Waals surface area contributed by atoms with Crippen LogP contribution in [0.5, 0.6) is 0 Å². The van der Waals surface area contributed by atoms with Crippen LogP contribution < -0.4 is 5.32 Å². The van der Waals surface area contributed by atoms with Crippen LogP contribution in [0.3, 0.4) is 0 Å². The number of carbonyl (C=O) groups is 1. The number of allylic oxidation sites excluding steroid dienone is 7.